The molecule has 2 unspecified atom stereocenters. The quantitative estimate of drug-likeness (QED) is 0.180. The monoisotopic (exact) mass is 585 g/mol. The second-order valence-electron chi connectivity index (χ2n) is 9.69. The molecule has 4 nitrogen and oxygen atoms in total. The Morgan fingerprint density at radius 1 is 0.821 bits per heavy atom. The first kappa shape index (κ1) is 29.7. The molecule has 7 heteroatoms. The molecule has 0 spiro atoms. The number of nitrogens with one attached hydrogen (secondary N) is 1. The van der Waals surface area contributed by atoms with Crippen LogP contribution in [0.15, 0.2) is 84.9 Å². The third kappa shape index (κ3) is 8.34. The lowest BCUT2D eigenvalue weighted by Gasteiger charge is -2.32. The first-order chi connectivity index (χ1) is 18.7. The van der Waals surface area contributed by atoms with Gasteiger partial charge >= 0.3 is 0 Å². The summed E-state index contributed by atoms with van der Waals surface area (Å²) in [6, 6.07) is 28.9. The van der Waals surface area contributed by atoms with Gasteiger partial charge in [-0.05, 0) is 76.8 Å². The van der Waals surface area contributed by atoms with Crippen LogP contribution in [0.5, 0.6) is 5.75 Å². The predicted octanol–water partition coefficient (Wildman–Crippen LogP) is 8.22. The minimum absolute atomic E-state index is 0. The smallest absolute Gasteiger partial charge is 0.119 e. The SMILES string of the molecule is Cl.Clc1ccc(Cl)c(COCCCOc2ccc(C3CCNCC3OCc3ccc4ccccc4c3)cc2)c1. The van der Waals surface area contributed by atoms with Gasteiger partial charge in [0.2, 0.25) is 0 Å². The molecule has 0 bridgehead atoms. The molecule has 0 aliphatic carbocycles. The largest absolute Gasteiger partial charge is 0.494 e. The number of ether oxygens (including phenoxy) is 3. The van der Waals surface area contributed by atoms with Crippen LogP contribution in [0.2, 0.25) is 10.0 Å². The van der Waals surface area contributed by atoms with Crippen molar-refractivity contribution in [3.63, 3.8) is 0 Å². The van der Waals surface area contributed by atoms with Crippen LogP contribution < -0.4 is 10.1 Å². The van der Waals surface area contributed by atoms with Crippen molar-refractivity contribution in [2.24, 2.45) is 0 Å². The van der Waals surface area contributed by atoms with E-state index in [0.29, 0.717) is 42.4 Å². The van der Waals surface area contributed by atoms with E-state index in [2.05, 4.69) is 72.0 Å². The van der Waals surface area contributed by atoms with Crippen molar-refractivity contribution >= 4 is 46.4 Å². The normalized spacial score (nSPS) is 17.1. The lowest BCUT2D eigenvalue weighted by Crippen LogP contribution is -2.40. The van der Waals surface area contributed by atoms with Gasteiger partial charge in [0.15, 0.2) is 0 Å². The summed E-state index contributed by atoms with van der Waals surface area (Å²) < 4.78 is 18.1. The first-order valence-electron chi connectivity index (χ1n) is 13.2. The van der Waals surface area contributed by atoms with Gasteiger partial charge in [-0.15, -0.1) is 12.4 Å². The third-order valence-electron chi connectivity index (χ3n) is 6.98. The number of halogens is 3. The van der Waals surface area contributed by atoms with E-state index < -0.39 is 0 Å². The summed E-state index contributed by atoms with van der Waals surface area (Å²) in [6.07, 6.45) is 1.97. The van der Waals surface area contributed by atoms with E-state index in [0.717, 1.165) is 37.2 Å². The molecule has 4 aromatic carbocycles. The van der Waals surface area contributed by atoms with E-state index in [4.69, 9.17) is 37.4 Å². The van der Waals surface area contributed by atoms with Crippen LogP contribution in [0.3, 0.4) is 0 Å². The fourth-order valence-corrected chi connectivity index (χ4v) is 5.28. The van der Waals surface area contributed by atoms with Crippen molar-refractivity contribution in [1.82, 2.24) is 5.32 Å². The van der Waals surface area contributed by atoms with Crippen LogP contribution in [0.25, 0.3) is 10.8 Å². The molecule has 1 N–H and O–H groups in total. The van der Waals surface area contributed by atoms with Crippen LogP contribution >= 0.6 is 35.6 Å². The lowest BCUT2D eigenvalue weighted by atomic mass is 9.87. The summed E-state index contributed by atoms with van der Waals surface area (Å²) >= 11 is 12.2. The fraction of sp³-hybridized carbons (Fsp3) is 0.312. The second kappa shape index (κ2) is 14.9. The molecular weight excluding hydrogens is 553 g/mol. The van der Waals surface area contributed by atoms with Gasteiger partial charge in [0, 0.05) is 28.9 Å². The van der Waals surface area contributed by atoms with Gasteiger partial charge < -0.3 is 19.5 Å². The van der Waals surface area contributed by atoms with E-state index in [9.17, 15) is 0 Å². The van der Waals surface area contributed by atoms with Crippen LogP contribution in [-0.2, 0) is 22.7 Å². The minimum Gasteiger partial charge on any atom is -0.494 e. The standard InChI is InChI=1S/C32H33Cl2NO3.ClH/c33-28-10-13-31(34)27(19-28)22-36-16-3-17-37-29-11-8-25(9-12-29)30-14-15-35-20-32(30)38-21-23-6-7-24-4-1-2-5-26(24)18-23;/h1-2,4-13,18-19,30,32,35H,3,14-17,20-22H2;1H. The van der Waals surface area contributed by atoms with Crippen LogP contribution in [0, 0.1) is 0 Å². The zero-order valence-corrected chi connectivity index (χ0v) is 24.1. The average molecular weight is 587 g/mol. The summed E-state index contributed by atoms with van der Waals surface area (Å²) in [5.74, 6) is 1.23. The molecule has 5 rings (SSSR count). The summed E-state index contributed by atoms with van der Waals surface area (Å²) in [5, 5.41) is 7.33. The van der Waals surface area contributed by atoms with Gasteiger partial charge in [-0.3, -0.25) is 0 Å². The molecule has 1 fully saturated rings. The second-order valence-corrected chi connectivity index (χ2v) is 10.5. The molecule has 1 aliphatic rings. The molecule has 1 saturated heterocycles. The highest BCUT2D eigenvalue weighted by Crippen LogP contribution is 2.30. The Labute approximate surface area is 247 Å². The molecule has 0 saturated carbocycles. The van der Waals surface area contributed by atoms with Gasteiger partial charge in [0.1, 0.15) is 5.75 Å². The molecule has 2 atom stereocenters. The number of rotatable bonds is 11. The Morgan fingerprint density at radius 3 is 2.49 bits per heavy atom. The Kier molecular flexibility index (Phi) is 11.3. The van der Waals surface area contributed by atoms with E-state index in [1.807, 2.05) is 6.07 Å². The zero-order chi connectivity index (χ0) is 26.2. The molecule has 1 heterocycles. The molecule has 0 amide bonds. The van der Waals surface area contributed by atoms with Crippen molar-refractivity contribution in [1.29, 1.82) is 0 Å². The van der Waals surface area contributed by atoms with E-state index in [1.54, 1.807) is 12.1 Å². The Balaban J connectivity index is 0.00000353. The number of hydrogen-bond donors (Lipinski definition) is 1. The van der Waals surface area contributed by atoms with Crippen molar-refractivity contribution in [3.8, 4) is 5.75 Å². The van der Waals surface area contributed by atoms with Gasteiger partial charge in [-0.2, -0.15) is 0 Å². The summed E-state index contributed by atoms with van der Waals surface area (Å²) in [5.41, 5.74) is 3.40. The Bertz CT molecular complexity index is 1330. The van der Waals surface area contributed by atoms with Gasteiger partial charge in [-0.25, -0.2) is 0 Å². The number of benzene rings is 4. The van der Waals surface area contributed by atoms with Crippen LogP contribution in [0.4, 0.5) is 0 Å². The number of hydrogen-bond acceptors (Lipinski definition) is 4. The molecule has 0 aromatic heterocycles. The van der Waals surface area contributed by atoms with Crippen LogP contribution in [-0.4, -0.2) is 32.4 Å². The van der Waals surface area contributed by atoms with Gasteiger partial charge in [-0.1, -0.05) is 71.7 Å². The lowest BCUT2D eigenvalue weighted by molar-refractivity contribution is 0.0106. The number of piperidine rings is 1. The van der Waals surface area contributed by atoms with Gasteiger partial charge in [0.25, 0.3) is 0 Å². The van der Waals surface area contributed by atoms with Crippen LogP contribution in [0.1, 0.15) is 35.4 Å². The van der Waals surface area contributed by atoms with E-state index >= 15 is 0 Å². The summed E-state index contributed by atoms with van der Waals surface area (Å²) in [4.78, 5) is 0. The maximum atomic E-state index is 6.44. The number of fused-ring (bicyclic) bond motifs is 1. The first-order valence-corrected chi connectivity index (χ1v) is 14.0. The molecule has 206 valence electrons. The van der Waals surface area contributed by atoms with Crippen molar-refractivity contribution in [2.75, 3.05) is 26.3 Å². The highest BCUT2D eigenvalue weighted by Gasteiger charge is 2.27. The highest BCUT2D eigenvalue weighted by molar-refractivity contribution is 6.33. The van der Waals surface area contributed by atoms with Gasteiger partial charge in [0.05, 0.1) is 32.5 Å². The maximum Gasteiger partial charge on any atom is 0.119 e. The van der Waals surface area contributed by atoms with Crippen molar-refractivity contribution in [3.05, 3.63) is 112 Å². The van der Waals surface area contributed by atoms with E-state index in [1.165, 1.54) is 21.9 Å². The fourth-order valence-electron chi connectivity index (χ4n) is 4.92. The average Bonchev–Trinajstić information content (AvgIpc) is 2.96. The molecular formula is C32H34Cl3NO3. The third-order valence-corrected chi connectivity index (χ3v) is 7.58. The maximum absolute atomic E-state index is 6.44. The Morgan fingerprint density at radius 2 is 1.64 bits per heavy atom. The zero-order valence-electron chi connectivity index (χ0n) is 21.8. The molecule has 39 heavy (non-hydrogen) atoms. The van der Waals surface area contributed by atoms with Crippen molar-refractivity contribution in [2.45, 2.75) is 38.1 Å². The predicted molar refractivity (Wildman–Crippen MR) is 163 cm³/mol. The summed E-state index contributed by atoms with van der Waals surface area (Å²) in [7, 11) is 0. The summed E-state index contributed by atoms with van der Waals surface area (Å²) in [6.45, 7) is 4.09. The topological polar surface area (TPSA) is 39.7 Å². The van der Waals surface area contributed by atoms with E-state index in [-0.39, 0.29) is 18.5 Å². The molecule has 0 radical (unpaired) electrons. The Hall–Kier alpha value is -2.31. The molecule has 4 aromatic rings. The molecule has 1 aliphatic heterocycles. The minimum atomic E-state index is 0. The highest BCUT2D eigenvalue weighted by atomic mass is 35.5. The van der Waals surface area contributed by atoms with Crippen molar-refractivity contribution < 1.29 is 14.2 Å².